The molecule has 0 bridgehead atoms. The Balaban J connectivity index is 5.13. The van der Waals surface area contributed by atoms with E-state index in [1.165, 1.54) is 12.2 Å². The maximum Gasteiger partial charge on any atom is 0.443 e. The fraction of sp³-hybridized carbons (Fsp3) is 0.333. The summed E-state index contributed by atoms with van der Waals surface area (Å²) in [7, 11) is -4.85. The second-order valence-corrected chi connectivity index (χ2v) is 4.59. The third-order valence-corrected chi connectivity index (χ3v) is 2.73. The molecule has 0 aromatic rings. The van der Waals surface area contributed by atoms with Gasteiger partial charge in [-0.1, -0.05) is 12.2 Å². The van der Waals surface area contributed by atoms with Gasteiger partial charge in [-0.2, -0.15) is 4.79 Å². The Morgan fingerprint density at radius 2 is 1.81 bits per heavy atom. The van der Waals surface area contributed by atoms with Gasteiger partial charge in [-0.25, -0.2) is 4.57 Å². The van der Waals surface area contributed by atoms with E-state index in [9.17, 15) is 9.36 Å². The molecule has 0 aliphatic carbocycles. The molecule has 0 saturated carbocycles. The van der Waals surface area contributed by atoms with Gasteiger partial charge in [0.15, 0.2) is 0 Å². The van der Waals surface area contributed by atoms with E-state index >= 15 is 0 Å². The molecule has 0 aliphatic rings. The van der Waals surface area contributed by atoms with Gasteiger partial charge in [0.05, 0.1) is 0 Å². The van der Waals surface area contributed by atoms with E-state index < -0.39 is 24.7 Å². The summed E-state index contributed by atoms with van der Waals surface area (Å²) < 4.78 is 10.8. The van der Waals surface area contributed by atoms with Crippen molar-refractivity contribution in [2.24, 2.45) is 5.92 Å². The molecule has 0 spiro atoms. The first-order valence-electron chi connectivity index (χ1n) is 4.42. The average Bonchev–Trinajstić information content (AvgIpc) is 2.16. The molecule has 0 aromatic carbocycles. The van der Waals surface area contributed by atoms with Crippen molar-refractivity contribution in [1.82, 2.24) is 0 Å². The Hall–Kier alpha value is -1.32. The van der Waals surface area contributed by atoms with E-state index in [0.29, 0.717) is 0 Å². The summed E-state index contributed by atoms with van der Waals surface area (Å²) in [5.74, 6) is -1.61. The lowest BCUT2D eigenvalue weighted by atomic mass is 9.97. The lowest BCUT2D eigenvalue weighted by Gasteiger charge is -2.08. The van der Waals surface area contributed by atoms with Gasteiger partial charge in [-0.15, -0.1) is 13.2 Å². The minimum Gasteiger partial charge on any atom is -0.360 e. The highest BCUT2D eigenvalue weighted by molar-refractivity contribution is 7.73. The Morgan fingerprint density at radius 1 is 1.38 bits per heavy atom. The van der Waals surface area contributed by atoms with Gasteiger partial charge in [0.25, 0.3) is 5.78 Å². The van der Waals surface area contributed by atoms with Gasteiger partial charge in [0.1, 0.15) is 0 Å². The van der Waals surface area contributed by atoms with Gasteiger partial charge in [-0.05, 0) is 12.8 Å². The van der Waals surface area contributed by atoms with Crippen LogP contribution in [0.15, 0.2) is 25.3 Å². The monoisotopic (exact) mass is 244 g/mol. The highest BCUT2D eigenvalue weighted by Gasteiger charge is 2.42. The van der Waals surface area contributed by atoms with Crippen LogP contribution in [0.1, 0.15) is 12.8 Å². The van der Waals surface area contributed by atoms with Crippen molar-refractivity contribution < 1.29 is 23.9 Å². The molecule has 16 heavy (non-hydrogen) atoms. The van der Waals surface area contributed by atoms with Crippen LogP contribution in [0.3, 0.4) is 0 Å². The number of ketones is 1. The van der Waals surface area contributed by atoms with E-state index in [4.69, 9.17) is 15.3 Å². The molecule has 0 aromatic heterocycles. The molecular weight excluding hydrogens is 231 g/mol. The Labute approximate surface area is 93.1 Å². The second-order valence-electron chi connectivity index (χ2n) is 3.08. The number of allylic oxidation sites excluding steroid dienone is 2. The van der Waals surface area contributed by atoms with E-state index in [2.05, 4.69) is 17.9 Å². The third-order valence-electron chi connectivity index (χ3n) is 1.86. The summed E-state index contributed by atoms with van der Waals surface area (Å²) in [6.07, 6.45) is 3.34. The van der Waals surface area contributed by atoms with Crippen LogP contribution >= 0.6 is 7.60 Å². The number of Topliss-reactive ketones (excluding diaryl/α,β-unsaturated/α-hetero) is 1. The minimum atomic E-state index is -4.85. The van der Waals surface area contributed by atoms with Crippen molar-refractivity contribution in [2.45, 2.75) is 12.8 Å². The molecule has 0 unspecified atom stereocenters. The van der Waals surface area contributed by atoms with Crippen LogP contribution in [-0.2, 0) is 9.36 Å². The van der Waals surface area contributed by atoms with E-state index in [0.717, 1.165) is 0 Å². The molecule has 0 amide bonds. The topological polar surface area (TPSA) is 111 Å². The van der Waals surface area contributed by atoms with E-state index in [1.54, 1.807) is 0 Å². The quantitative estimate of drug-likeness (QED) is 0.230. The first-order valence-corrected chi connectivity index (χ1v) is 6.03. The van der Waals surface area contributed by atoms with Crippen molar-refractivity contribution in [2.75, 3.05) is 0 Å². The maximum absolute atomic E-state index is 11.6. The van der Waals surface area contributed by atoms with Gasteiger partial charge < -0.3 is 15.3 Å². The summed E-state index contributed by atoms with van der Waals surface area (Å²) in [6.45, 7) is 6.86. The van der Waals surface area contributed by atoms with Gasteiger partial charge in [0, 0.05) is 5.92 Å². The van der Waals surface area contributed by atoms with Gasteiger partial charge >= 0.3 is 13.0 Å². The van der Waals surface area contributed by atoms with E-state index in [-0.39, 0.29) is 12.8 Å². The zero-order chi connectivity index (χ0) is 12.8. The fourth-order valence-electron chi connectivity index (χ4n) is 1.15. The minimum absolute atomic E-state index is 0.226. The van der Waals surface area contributed by atoms with Crippen LogP contribution in [0.5, 0.6) is 0 Å². The second kappa shape index (κ2) is 6.30. The first-order chi connectivity index (χ1) is 7.38. The van der Waals surface area contributed by atoms with Gasteiger partial charge in [0.2, 0.25) is 0 Å². The lowest BCUT2D eigenvalue weighted by molar-refractivity contribution is -0.120. The molecule has 0 heterocycles. The molecular formula is C9H13N2O4P. The normalized spacial score (nSPS) is 10.7. The van der Waals surface area contributed by atoms with Crippen molar-refractivity contribution >= 4 is 18.8 Å². The van der Waals surface area contributed by atoms with Crippen LogP contribution in [0.2, 0.25) is 0 Å². The average molecular weight is 244 g/mol. The SMILES string of the molecule is C=CCC(CC=C)C(=O)C(=[N+]=[N-])P(=O)(O)O. The van der Waals surface area contributed by atoms with Crippen molar-refractivity contribution in [3.63, 3.8) is 0 Å². The smallest absolute Gasteiger partial charge is 0.360 e. The van der Waals surface area contributed by atoms with Crippen molar-refractivity contribution in [1.29, 1.82) is 0 Å². The zero-order valence-electron chi connectivity index (χ0n) is 8.61. The van der Waals surface area contributed by atoms with Crippen LogP contribution in [0, 0.1) is 5.92 Å². The number of hydrogen-bond donors (Lipinski definition) is 2. The van der Waals surface area contributed by atoms with Crippen LogP contribution in [0.25, 0.3) is 5.53 Å². The molecule has 0 rings (SSSR count). The van der Waals surface area contributed by atoms with Crippen LogP contribution in [-0.4, -0.2) is 25.8 Å². The molecule has 6 nitrogen and oxygen atoms in total. The van der Waals surface area contributed by atoms with Crippen molar-refractivity contribution in [3.8, 4) is 0 Å². The van der Waals surface area contributed by atoms with Gasteiger partial charge in [-0.3, -0.25) is 4.79 Å². The summed E-state index contributed by atoms with van der Waals surface area (Å²) in [4.78, 5) is 31.6. The standard InChI is InChI=1S/C9H13N2O4P/c1-3-5-7(6-4-2)8(12)9(11-10)16(13,14)15/h3-4,7H,1-2,5-6H2,(H2,13,14,15). The zero-order valence-corrected chi connectivity index (χ0v) is 9.51. The Bertz CT molecular complexity index is 382. The Kier molecular flexibility index (Phi) is 5.78. The number of hydrogen-bond acceptors (Lipinski definition) is 2. The maximum atomic E-state index is 11.6. The molecule has 7 heteroatoms. The predicted octanol–water partition coefficient (Wildman–Crippen LogP) is 1.13. The number of carbonyl (C=O) groups is 1. The summed E-state index contributed by atoms with van der Waals surface area (Å²) in [5, 5.41) is 0. The molecule has 2 N–H and O–H groups in total. The predicted molar refractivity (Wildman–Crippen MR) is 58.8 cm³/mol. The molecule has 88 valence electrons. The molecule has 0 saturated heterocycles. The summed E-state index contributed by atoms with van der Waals surface area (Å²) >= 11 is 0. The van der Waals surface area contributed by atoms with Crippen LogP contribution in [0.4, 0.5) is 0 Å². The molecule has 0 aliphatic heterocycles. The summed E-state index contributed by atoms with van der Waals surface area (Å²) in [5.41, 5.74) is 7.32. The highest BCUT2D eigenvalue weighted by atomic mass is 31.2. The van der Waals surface area contributed by atoms with Crippen LogP contribution < -0.4 is 0 Å². The number of carbonyl (C=O) groups excluding carboxylic acids is 1. The van der Waals surface area contributed by atoms with Crippen molar-refractivity contribution in [3.05, 3.63) is 30.8 Å². The lowest BCUT2D eigenvalue weighted by Crippen LogP contribution is -2.24. The summed E-state index contributed by atoms with van der Waals surface area (Å²) in [6, 6.07) is 0. The third kappa shape index (κ3) is 4.04. The molecule has 0 atom stereocenters. The van der Waals surface area contributed by atoms with E-state index in [1.807, 2.05) is 0 Å². The molecule has 0 radical (unpaired) electrons. The fourth-order valence-corrected chi connectivity index (χ4v) is 1.73. The number of rotatable bonds is 7. The molecule has 0 fully saturated rings. The number of nitrogens with zero attached hydrogens (tertiary/aromatic N) is 2. The Morgan fingerprint density at radius 3 is 2.06 bits per heavy atom. The first kappa shape index (κ1) is 14.7. The highest BCUT2D eigenvalue weighted by Crippen LogP contribution is 2.37. The largest absolute Gasteiger partial charge is 0.443 e.